The highest BCUT2D eigenvalue weighted by Gasteiger charge is 2.17. The van der Waals surface area contributed by atoms with E-state index in [0.29, 0.717) is 34.6 Å². The molecule has 0 unspecified atom stereocenters. The number of allylic oxidation sites excluding steroid dienone is 3. The van der Waals surface area contributed by atoms with Gasteiger partial charge in [0, 0.05) is 41.3 Å². The Morgan fingerprint density at radius 2 is 1.64 bits per heavy atom. The van der Waals surface area contributed by atoms with Crippen LogP contribution in [0.25, 0.3) is 11.3 Å². The van der Waals surface area contributed by atoms with Gasteiger partial charge in [-0.05, 0) is 78.4 Å². The summed E-state index contributed by atoms with van der Waals surface area (Å²) in [6.07, 6.45) is 7.29. The van der Waals surface area contributed by atoms with Crippen LogP contribution in [0, 0.1) is 6.92 Å². The Morgan fingerprint density at radius 1 is 0.976 bits per heavy atom. The lowest BCUT2D eigenvalue weighted by molar-refractivity contribution is 0.102. The van der Waals surface area contributed by atoms with Crippen molar-refractivity contribution in [1.82, 2.24) is 9.55 Å². The van der Waals surface area contributed by atoms with E-state index >= 15 is 0 Å². The van der Waals surface area contributed by atoms with Crippen molar-refractivity contribution in [2.45, 2.75) is 39.5 Å². The van der Waals surface area contributed by atoms with E-state index in [1.807, 2.05) is 49.4 Å². The maximum absolute atomic E-state index is 13.1. The Labute approximate surface area is 246 Å². The maximum Gasteiger partial charge on any atom is 0.293 e. The van der Waals surface area contributed by atoms with E-state index in [9.17, 15) is 14.4 Å². The van der Waals surface area contributed by atoms with Crippen LogP contribution in [0.3, 0.4) is 0 Å². The van der Waals surface area contributed by atoms with Gasteiger partial charge < -0.3 is 15.2 Å². The predicted molar refractivity (Wildman–Crippen MR) is 171 cm³/mol. The van der Waals surface area contributed by atoms with E-state index in [1.54, 1.807) is 49.7 Å². The number of amides is 1. The zero-order chi connectivity index (χ0) is 30.4. The summed E-state index contributed by atoms with van der Waals surface area (Å²) in [7, 11) is 1.66. The van der Waals surface area contributed by atoms with Crippen molar-refractivity contribution in [2.75, 3.05) is 10.6 Å². The van der Waals surface area contributed by atoms with Gasteiger partial charge in [0.2, 0.25) is 0 Å². The van der Waals surface area contributed by atoms with Crippen LogP contribution < -0.4 is 16.2 Å². The van der Waals surface area contributed by atoms with E-state index in [2.05, 4.69) is 43.0 Å². The first kappa shape index (κ1) is 29.9. The quantitative estimate of drug-likeness (QED) is 0.127. The van der Waals surface area contributed by atoms with E-state index < -0.39 is 0 Å². The van der Waals surface area contributed by atoms with Gasteiger partial charge in [-0.1, -0.05) is 57.2 Å². The molecule has 0 aliphatic heterocycles. The fraction of sp³-hybridized carbons (Fsp3) is 0.200. The lowest BCUT2D eigenvalue weighted by Crippen LogP contribution is -2.21. The Bertz CT molecular complexity index is 1710. The van der Waals surface area contributed by atoms with Crippen LogP contribution in [-0.2, 0) is 12.5 Å². The van der Waals surface area contributed by atoms with E-state index in [4.69, 9.17) is 0 Å². The summed E-state index contributed by atoms with van der Waals surface area (Å²) < 4.78 is 1.47. The molecule has 1 amide bonds. The van der Waals surface area contributed by atoms with Crippen molar-refractivity contribution in [2.24, 2.45) is 7.05 Å². The minimum Gasteiger partial charge on any atom is -0.336 e. The fourth-order valence-electron chi connectivity index (χ4n) is 4.40. The van der Waals surface area contributed by atoms with Gasteiger partial charge in [-0.3, -0.25) is 14.4 Å². The summed E-state index contributed by atoms with van der Waals surface area (Å²) >= 11 is 0. The van der Waals surface area contributed by atoms with Gasteiger partial charge in [0.05, 0.1) is 5.69 Å². The van der Waals surface area contributed by atoms with Gasteiger partial charge in [-0.25, -0.2) is 4.98 Å². The third kappa shape index (κ3) is 6.99. The summed E-state index contributed by atoms with van der Waals surface area (Å²) in [5, 5.41) is 6.11. The Morgan fingerprint density at radius 3 is 2.29 bits per heavy atom. The normalized spacial score (nSPS) is 11.4. The summed E-state index contributed by atoms with van der Waals surface area (Å²) in [6, 6.07) is 20.1. The Balaban J connectivity index is 1.57. The number of carbonyl (C=O) groups excluding carboxylic acids is 2. The number of carbonyl (C=O) groups is 2. The molecule has 4 aromatic rings. The maximum atomic E-state index is 13.1. The van der Waals surface area contributed by atoms with Crippen LogP contribution in [0.2, 0.25) is 0 Å². The molecule has 7 heteroatoms. The van der Waals surface area contributed by atoms with Crippen LogP contribution in [0.15, 0.2) is 103 Å². The van der Waals surface area contributed by atoms with Crippen molar-refractivity contribution >= 4 is 28.9 Å². The SMILES string of the molecule is C=CC/C=C/C(=O)c1ccc(Nc2nc(-c3cccc(NC(=O)c4ccc(C(C)(C)C)cc4)c3C)cn(C)c2=O)cc1. The van der Waals surface area contributed by atoms with Crippen molar-refractivity contribution in [3.05, 3.63) is 130 Å². The molecule has 0 fully saturated rings. The second-order valence-corrected chi connectivity index (χ2v) is 11.1. The molecule has 42 heavy (non-hydrogen) atoms. The van der Waals surface area contributed by atoms with Crippen molar-refractivity contribution in [3.63, 3.8) is 0 Å². The highest BCUT2D eigenvalue weighted by molar-refractivity contribution is 6.05. The van der Waals surface area contributed by atoms with Crippen molar-refractivity contribution in [1.29, 1.82) is 0 Å². The highest BCUT2D eigenvalue weighted by atomic mass is 16.2. The lowest BCUT2D eigenvalue weighted by Gasteiger charge is -2.19. The molecular formula is C35H36N4O3. The molecule has 0 saturated carbocycles. The summed E-state index contributed by atoms with van der Waals surface area (Å²) in [5.41, 5.74) is 5.42. The fourth-order valence-corrected chi connectivity index (χ4v) is 4.40. The number of aryl methyl sites for hydroxylation is 1. The van der Waals surface area contributed by atoms with E-state index in [-0.39, 0.29) is 28.5 Å². The molecule has 7 nitrogen and oxygen atoms in total. The molecule has 3 aromatic carbocycles. The number of benzene rings is 3. The minimum atomic E-state index is -0.299. The van der Waals surface area contributed by atoms with Crippen molar-refractivity contribution < 1.29 is 9.59 Å². The zero-order valence-corrected chi connectivity index (χ0v) is 24.7. The third-order valence-electron chi connectivity index (χ3n) is 6.95. The monoisotopic (exact) mass is 560 g/mol. The Kier molecular flexibility index (Phi) is 9.01. The van der Waals surface area contributed by atoms with E-state index in [1.165, 1.54) is 10.6 Å². The molecule has 214 valence electrons. The number of rotatable bonds is 9. The molecule has 0 spiro atoms. The molecule has 0 aliphatic rings. The van der Waals surface area contributed by atoms with Crippen LogP contribution >= 0.6 is 0 Å². The predicted octanol–water partition coefficient (Wildman–Crippen LogP) is 7.36. The van der Waals surface area contributed by atoms with Gasteiger partial charge in [-0.2, -0.15) is 0 Å². The molecule has 2 N–H and O–H groups in total. The van der Waals surface area contributed by atoms with Gasteiger partial charge in [-0.15, -0.1) is 6.58 Å². The molecule has 0 bridgehead atoms. The zero-order valence-electron chi connectivity index (χ0n) is 24.7. The first-order chi connectivity index (χ1) is 20.0. The average Bonchev–Trinajstić information content (AvgIpc) is 2.96. The number of hydrogen-bond donors (Lipinski definition) is 2. The van der Waals surface area contributed by atoms with Gasteiger partial charge in [0.25, 0.3) is 11.5 Å². The Hall–Kier alpha value is -5.04. The number of aromatic nitrogens is 2. The van der Waals surface area contributed by atoms with Crippen LogP contribution in [0.4, 0.5) is 17.2 Å². The smallest absolute Gasteiger partial charge is 0.293 e. The second-order valence-electron chi connectivity index (χ2n) is 11.1. The van der Waals surface area contributed by atoms with Crippen LogP contribution in [0.1, 0.15) is 59.0 Å². The topological polar surface area (TPSA) is 93.1 Å². The molecular weight excluding hydrogens is 524 g/mol. The molecule has 4 rings (SSSR count). The van der Waals surface area contributed by atoms with E-state index in [0.717, 1.165) is 16.7 Å². The molecule has 0 aliphatic carbocycles. The number of hydrogen-bond acceptors (Lipinski definition) is 5. The van der Waals surface area contributed by atoms with Crippen LogP contribution in [0.5, 0.6) is 0 Å². The van der Waals surface area contributed by atoms with Gasteiger partial charge in [0.1, 0.15) is 0 Å². The molecule has 0 radical (unpaired) electrons. The molecule has 0 atom stereocenters. The second kappa shape index (κ2) is 12.6. The molecule has 1 heterocycles. The lowest BCUT2D eigenvalue weighted by atomic mass is 9.86. The standard InChI is InChI=1S/C35H36N4O3/c1-7-8-9-13-31(40)24-16-20-27(21-17-24)36-32-34(42)39(6)22-30(37-32)28-11-10-12-29(23(28)2)38-33(41)25-14-18-26(19-15-25)35(3,4)5/h7,9-22H,1,8H2,2-6H3,(H,36,37)(H,38,41)/b13-9+. The van der Waals surface area contributed by atoms with Gasteiger partial charge >= 0.3 is 0 Å². The molecule has 1 aromatic heterocycles. The summed E-state index contributed by atoms with van der Waals surface area (Å²) in [5.74, 6) is -0.166. The average molecular weight is 561 g/mol. The highest BCUT2D eigenvalue weighted by Crippen LogP contribution is 2.29. The van der Waals surface area contributed by atoms with Crippen molar-refractivity contribution in [3.8, 4) is 11.3 Å². The summed E-state index contributed by atoms with van der Waals surface area (Å²) in [6.45, 7) is 12.0. The first-order valence-electron chi connectivity index (χ1n) is 13.8. The number of ketones is 1. The third-order valence-corrected chi connectivity index (χ3v) is 6.95. The number of anilines is 3. The molecule has 0 saturated heterocycles. The number of nitrogens with zero attached hydrogens (tertiary/aromatic N) is 2. The first-order valence-corrected chi connectivity index (χ1v) is 13.8. The minimum absolute atomic E-state index is 0.00168. The van der Waals surface area contributed by atoms with Crippen LogP contribution in [-0.4, -0.2) is 21.2 Å². The number of nitrogens with one attached hydrogen (secondary N) is 2. The summed E-state index contributed by atoms with van der Waals surface area (Å²) in [4.78, 5) is 42.9. The van der Waals surface area contributed by atoms with Gasteiger partial charge in [0.15, 0.2) is 11.6 Å². The largest absolute Gasteiger partial charge is 0.336 e.